The van der Waals surface area contributed by atoms with Crippen LogP contribution < -0.4 is 15.4 Å². The summed E-state index contributed by atoms with van der Waals surface area (Å²) >= 11 is 1.77. The Morgan fingerprint density at radius 3 is 2.85 bits per heavy atom. The van der Waals surface area contributed by atoms with Crippen LogP contribution in [-0.2, 0) is 0 Å². The summed E-state index contributed by atoms with van der Waals surface area (Å²) in [6.45, 7) is 3.82. The summed E-state index contributed by atoms with van der Waals surface area (Å²) in [6, 6.07) is 12.8. The van der Waals surface area contributed by atoms with Crippen LogP contribution in [0.4, 0.5) is 5.69 Å². The van der Waals surface area contributed by atoms with Crippen molar-refractivity contribution in [3.63, 3.8) is 0 Å². The van der Waals surface area contributed by atoms with Gasteiger partial charge in [-0.2, -0.15) is 0 Å². The van der Waals surface area contributed by atoms with Crippen molar-refractivity contribution in [3.05, 3.63) is 46.7 Å². The van der Waals surface area contributed by atoms with Crippen molar-refractivity contribution in [2.45, 2.75) is 25.4 Å². The third kappa shape index (κ3) is 2.53. The van der Waals surface area contributed by atoms with E-state index in [1.165, 1.54) is 4.88 Å². The smallest absolute Gasteiger partial charge is 0.142 e. The summed E-state index contributed by atoms with van der Waals surface area (Å²) in [5.41, 5.74) is 7.44. The summed E-state index contributed by atoms with van der Waals surface area (Å²) in [7, 11) is 0. The monoisotopic (exact) mass is 288 g/mol. The highest BCUT2D eigenvalue weighted by atomic mass is 32.1. The molecular formula is C16H20N2OS. The number of hydrogen-bond acceptors (Lipinski definition) is 4. The second-order valence-corrected chi connectivity index (χ2v) is 6.16. The second-order valence-electron chi connectivity index (χ2n) is 5.18. The molecule has 0 saturated heterocycles. The normalized spacial score (nSPS) is 17.8. The number of thiophene rings is 1. The van der Waals surface area contributed by atoms with Crippen LogP contribution in [0.5, 0.6) is 5.75 Å². The van der Waals surface area contributed by atoms with Crippen molar-refractivity contribution in [1.82, 2.24) is 0 Å². The molecule has 2 heterocycles. The van der Waals surface area contributed by atoms with E-state index < -0.39 is 0 Å². The summed E-state index contributed by atoms with van der Waals surface area (Å²) in [4.78, 5) is 3.72. The van der Waals surface area contributed by atoms with Crippen LogP contribution in [0.15, 0.2) is 41.8 Å². The molecule has 3 nitrogen and oxygen atoms in total. The average Bonchev–Trinajstić information content (AvgIpc) is 2.87. The maximum absolute atomic E-state index is 6.29. The maximum atomic E-state index is 6.29. The second kappa shape index (κ2) is 5.85. The Kier molecular flexibility index (Phi) is 3.94. The zero-order valence-electron chi connectivity index (χ0n) is 11.7. The molecule has 2 unspecified atom stereocenters. The quantitative estimate of drug-likeness (QED) is 0.940. The molecule has 0 saturated carbocycles. The lowest BCUT2D eigenvalue weighted by atomic mass is 10.1. The van der Waals surface area contributed by atoms with Crippen LogP contribution in [-0.4, -0.2) is 19.2 Å². The molecule has 0 bridgehead atoms. The topological polar surface area (TPSA) is 38.5 Å². The number of nitrogens with two attached hydrogens (primary N) is 1. The number of hydrogen-bond donors (Lipinski definition) is 1. The predicted molar refractivity (Wildman–Crippen MR) is 84.6 cm³/mol. The van der Waals surface area contributed by atoms with Crippen LogP contribution in [0.2, 0.25) is 0 Å². The molecule has 2 N–H and O–H groups in total. The van der Waals surface area contributed by atoms with Gasteiger partial charge in [0, 0.05) is 17.5 Å². The third-order valence-electron chi connectivity index (χ3n) is 3.64. The van der Waals surface area contributed by atoms with Crippen molar-refractivity contribution >= 4 is 17.0 Å². The maximum Gasteiger partial charge on any atom is 0.142 e. The molecule has 0 fully saturated rings. The first kappa shape index (κ1) is 13.5. The molecular weight excluding hydrogens is 268 g/mol. The highest BCUT2D eigenvalue weighted by molar-refractivity contribution is 7.10. The summed E-state index contributed by atoms with van der Waals surface area (Å²) < 4.78 is 5.85. The first-order valence-corrected chi connectivity index (χ1v) is 7.93. The van der Waals surface area contributed by atoms with Gasteiger partial charge in [-0.05, 0) is 36.9 Å². The number of anilines is 1. The van der Waals surface area contributed by atoms with Gasteiger partial charge in [0.25, 0.3) is 0 Å². The zero-order chi connectivity index (χ0) is 13.9. The molecule has 0 aliphatic carbocycles. The lowest BCUT2D eigenvalue weighted by Gasteiger charge is -2.35. The SMILES string of the molecule is CC(N)C(c1cccs1)N1CCCOc2ccccc21. The van der Waals surface area contributed by atoms with E-state index in [-0.39, 0.29) is 12.1 Å². The molecule has 1 aromatic carbocycles. The van der Waals surface area contributed by atoms with E-state index in [1.54, 1.807) is 11.3 Å². The van der Waals surface area contributed by atoms with Crippen LogP contribution in [0.1, 0.15) is 24.3 Å². The minimum absolute atomic E-state index is 0.0693. The summed E-state index contributed by atoms with van der Waals surface area (Å²) in [6.07, 6.45) is 1.02. The lowest BCUT2D eigenvalue weighted by Crippen LogP contribution is -2.39. The largest absolute Gasteiger partial charge is 0.491 e. The van der Waals surface area contributed by atoms with Crippen LogP contribution in [0.3, 0.4) is 0 Å². The van der Waals surface area contributed by atoms with Gasteiger partial charge in [0.1, 0.15) is 5.75 Å². The average molecular weight is 288 g/mol. The molecule has 106 valence electrons. The van der Waals surface area contributed by atoms with Gasteiger partial charge in [0.2, 0.25) is 0 Å². The number of nitrogens with zero attached hydrogens (tertiary/aromatic N) is 1. The fourth-order valence-corrected chi connectivity index (χ4v) is 3.75. The minimum atomic E-state index is 0.0693. The van der Waals surface area contributed by atoms with E-state index in [0.717, 1.165) is 31.0 Å². The highest BCUT2D eigenvalue weighted by Gasteiger charge is 2.28. The fraction of sp³-hybridized carbons (Fsp3) is 0.375. The van der Waals surface area contributed by atoms with E-state index >= 15 is 0 Å². The molecule has 2 atom stereocenters. The Labute approximate surface area is 124 Å². The van der Waals surface area contributed by atoms with Crippen molar-refractivity contribution in [2.75, 3.05) is 18.1 Å². The number of benzene rings is 1. The van der Waals surface area contributed by atoms with E-state index in [9.17, 15) is 0 Å². The van der Waals surface area contributed by atoms with Gasteiger partial charge in [0.05, 0.1) is 18.3 Å². The van der Waals surface area contributed by atoms with Crippen LogP contribution in [0.25, 0.3) is 0 Å². The molecule has 20 heavy (non-hydrogen) atoms. The molecule has 3 rings (SSSR count). The van der Waals surface area contributed by atoms with Crippen molar-refractivity contribution < 1.29 is 4.74 Å². The lowest BCUT2D eigenvalue weighted by molar-refractivity contribution is 0.322. The Hall–Kier alpha value is -1.52. The molecule has 1 aliphatic rings. The first-order chi connectivity index (χ1) is 9.77. The Morgan fingerprint density at radius 2 is 2.10 bits per heavy atom. The minimum Gasteiger partial charge on any atom is -0.491 e. The third-order valence-corrected chi connectivity index (χ3v) is 4.59. The Bertz CT molecular complexity index is 553. The highest BCUT2D eigenvalue weighted by Crippen LogP contribution is 2.38. The van der Waals surface area contributed by atoms with Crippen LogP contribution in [0, 0.1) is 0 Å². The van der Waals surface area contributed by atoms with Gasteiger partial charge in [0.15, 0.2) is 0 Å². The van der Waals surface area contributed by atoms with E-state index in [2.05, 4.69) is 41.5 Å². The fourth-order valence-electron chi connectivity index (χ4n) is 2.80. The van der Waals surface area contributed by atoms with Gasteiger partial charge in [-0.25, -0.2) is 0 Å². The number of para-hydroxylation sites is 2. The first-order valence-electron chi connectivity index (χ1n) is 7.05. The molecule has 1 aliphatic heterocycles. The van der Waals surface area contributed by atoms with Gasteiger partial charge < -0.3 is 15.4 Å². The number of fused-ring (bicyclic) bond motifs is 1. The standard InChI is InChI=1S/C16H20N2OS/c1-12(17)16(15-8-4-11-20-15)18-9-5-10-19-14-7-3-2-6-13(14)18/h2-4,6-8,11-12,16H,5,9-10,17H2,1H3. The van der Waals surface area contributed by atoms with E-state index in [0.29, 0.717) is 0 Å². The van der Waals surface area contributed by atoms with E-state index in [1.807, 2.05) is 12.1 Å². The molecule has 2 aromatic rings. The Balaban J connectivity index is 2.02. The molecule has 1 aromatic heterocycles. The van der Waals surface area contributed by atoms with Gasteiger partial charge >= 0.3 is 0 Å². The molecule has 0 spiro atoms. The van der Waals surface area contributed by atoms with Crippen molar-refractivity contribution in [3.8, 4) is 5.75 Å². The Morgan fingerprint density at radius 1 is 1.25 bits per heavy atom. The molecule has 0 amide bonds. The van der Waals surface area contributed by atoms with Crippen molar-refractivity contribution in [1.29, 1.82) is 0 Å². The number of ether oxygens (including phenoxy) is 1. The summed E-state index contributed by atoms with van der Waals surface area (Å²) in [5, 5.41) is 2.12. The van der Waals surface area contributed by atoms with Gasteiger partial charge in [-0.15, -0.1) is 11.3 Å². The van der Waals surface area contributed by atoms with Crippen molar-refractivity contribution in [2.24, 2.45) is 5.73 Å². The van der Waals surface area contributed by atoms with Gasteiger partial charge in [-0.3, -0.25) is 0 Å². The van der Waals surface area contributed by atoms with Gasteiger partial charge in [-0.1, -0.05) is 18.2 Å². The molecule has 4 heteroatoms. The number of rotatable bonds is 3. The predicted octanol–water partition coefficient (Wildman–Crippen LogP) is 3.43. The molecule has 0 radical (unpaired) electrons. The zero-order valence-corrected chi connectivity index (χ0v) is 12.5. The summed E-state index contributed by atoms with van der Waals surface area (Å²) in [5.74, 6) is 0.965. The van der Waals surface area contributed by atoms with Crippen LogP contribution >= 0.6 is 11.3 Å². The van der Waals surface area contributed by atoms with E-state index in [4.69, 9.17) is 10.5 Å².